The van der Waals surface area contributed by atoms with E-state index in [1.54, 1.807) is 31.2 Å². The normalized spacial score (nSPS) is 12.2. The van der Waals surface area contributed by atoms with Crippen molar-refractivity contribution in [2.75, 3.05) is 7.11 Å². The minimum atomic E-state index is -0.763. The maximum atomic E-state index is 12.5. The molecule has 2 aromatic carbocycles. The van der Waals surface area contributed by atoms with Gasteiger partial charge in [-0.25, -0.2) is 14.6 Å². The van der Waals surface area contributed by atoms with Gasteiger partial charge < -0.3 is 13.9 Å². The molecule has 0 spiro atoms. The second kappa shape index (κ2) is 6.85. The Labute approximate surface area is 158 Å². The quantitative estimate of drug-likeness (QED) is 0.393. The number of para-hydroxylation sites is 1. The molecular formula is C20H15NO5S. The fraction of sp³-hybridized carbons (Fsp3) is 0.150. The number of aromatic nitrogens is 1. The van der Waals surface area contributed by atoms with E-state index in [0.717, 1.165) is 15.6 Å². The number of hydrogen-bond donors (Lipinski definition) is 0. The largest absolute Gasteiger partial charge is 0.479 e. The summed E-state index contributed by atoms with van der Waals surface area (Å²) in [7, 11) is 1.30. The second-order valence-corrected chi connectivity index (χ2v) is 6.95. The summed E-state index contributed by atoms with van der Waals surface area (Å²) in [4.78, 5) is 28.5. The van der Waals surface area contributed by atoms with E-state index in [2.05, 4.69) is 9.72 Å². The van der Waals surface area contributed by atoms with Gasteiger partial charge in [0.05, 0.1) is 22.9 Å². The van der Waals surface area contributed by atoms with Gasteiger partial charge in [0.2, 0.25) is 0 Å². The molecule has 0 saturated carbocycles. The first kappa shape index (κ1) is 17.2. The number of carbonyl (C=O) groups excluding carboxylic acids is 1. The van der Waals surface area contributed by atoms with Gasteiger partial charge in [-0.3, -0.25) is 0 Å². The summed E-state index contributed by atoms with van der Waals surface area (Å²) in [6.07, 6.45) is -0.763. The van der Waals surface area contributed by atoms with Crippen LogP contribution in [0.3, 0.4) is 0 Å². The predicted molar refractivity (Wildman–Crippen MR) is 103 cm³/mol. The van der Waals surface area contributed by atoms with Crippen molar-refractivity contribution in [3.63, 3.8) is 0 Å². The van der Waals surface area contributed by atoms with E-state index in [-0.39, 0.29) is 0 Å². The van der Waals surface area contributed by atoms with Crippen LogP contribution in [-0.4, -0.2) is 24.2 Å². The van der Waals surface area contributed by atoms with E-state index in [1.165, 1.54) is 18.4 Å². The van der Waals surface area contributed by atoms with E-state index in [0.29, 0.717) is 21.9 Å². The van der Waals surface area contributed by atoms with Crippen LogP contribution in [0.2, 0.25) is 0 Å². The first-order chi connectivity index (χ1) is 13.0. The van der Waals surface area contributed by atoms with E-state index in [9.17, 15) is 9.59 Å². The topological polar surface area (TPSA) is 78.6 Å². The molecule has 0 radical (unpaired) electrons. The van der Waals surface area contributed by atoms with Crippen molar-refractivity contribution < 1.29 is 18.7 Å². The van der Waals surface area contributed by atoms with Gasteiger partial charge in [-0.15, -0.1) is 11.3 Å². The summed E-state index contributed by atoms with van der Waals surface area (Å²) >= 11 is 1.44. The first-order valence-corrected chi connectivity index (χ1v) is 9.05. The number of esters is 1. The average molecular weight is 381 g/mol. The molecule has 7 heteroatoms. The van der Waals surface area contributed by atoms with Crippen molar-refractivity contribution in [2.45, 2.75) is 13.0 Å². The molecule has 0 bridgehead atoms. The van der Waals surface area contributed by atoms with Gasteiger partial charge in [0.25, 0.3) is 0 Å². The monoisotopic (exact) mass is 381 g/mol. The Morgan fingerprint density at radius 2 is 2.00 bits per heavy atom. The van der Waals surface area contributed by atoms with Gasteiger partial charge in [-0.2, -0.15) is 0 Å². The third-order valence-electron chi connectivity index (χ3n) is 4.08. The molecule has 27 heavy (non-hydrogen) atoms. The fourth-order valence-electron chi connectivity index (χ4n) is 2.72. The maximum absolute atomic E-state index is 12.5. The number of methoxy groups -OCH3 is 1. The third kappa shape index (κ3) is 3.29. The number of carbonyl (C=O) groups is 1. The molecule has 0 fully saturated rings. The highest BCUT2D eigenvalue weighted by Gasteiger charge is 2.16. The first-order valence-electron chi connectivity index (χ1n) is 8.23. The lowest BCUT2D eigenvalue weighted by Gasteiger charge is -2.12. The van der Waals surface area contributed by atoms with Crippen LogP contribution in [-0.2, 0) is 9.53 Å². The molecule has 2 heterocycles. The summed E-state index contributed by atoms with van der Waals surface area (Å²) in [5.41, 5.74) is 1.16. The maximum Gasteiger partial charge on any atom is 0.346 e. The van der Waals surface area contributed by atoms with E-state index in [4.69, 9.17) is 9.15 Å². The fourth-order valence-corrected chi connectivity index (χ4v) is 3.69. The molecule has 0 N–H and O–H groups in total. The molecule has 4 rings (SSSR count). The second-order valence-electron chi connectivity index (χ2n) is 5.92. The number of ether oxygens (including phenoxy) is 2. The molecule has 2 aromatic heterocycles. The van der Waals surface area contributed by atoms with Crippen molar-refractivity contribution in [3.05, 3.63) is 59.0 Å². The van der Waals surface area contributed by atoms with Crippen LogP contribution in [0.5, 0.6) is 5.75 Å². The summed E-state index contributed by atoms with van der Waals surface area (Å²) < 4.78 is 16.6. The van der Waals surface area contributed by atoms with Gasteiger partial charge in [0.15, 0.2) is 6.10 Å². The molecule has 0 aliphatic rings. The van der Waals surface area contributed by atoms with Crippen LogP contribution >= 0.6 is 11.3 Å². The van der Waals surface area contributed by atoms with Gasteiger partial charge in [-0.05, 0) is 37.3 Å². The molecular weight excluding hydrogens is 366 g/mol. The molecule has 4 aromatic rings. The molecule has 0 amide bonds. The minimum Gasteiger partial charge on any atom is -0.479 e. The predicted octanol–water partition coefficient (Wildman–Crippen LogP) is 4.01. The number of benzene rings is 2. The Morgan fingerprint density at radius 1 is 1.19 bits per heavy atom. The molecule has 0 unspecified atom stereocenters. The molecule has 1 atom stereocenters. The summed E-state index contributed by atoms with van der Waals surface area (Å²) in [5, 5.41) is 1.36. The highest BCUT2D eigenvalue weighted by Crippen LogP contribution is 2.30. The van der Waals surface area contributed by atoms with Crippen LogP contribution < -0.4 is 10.4 Å². The average Bonchev–Trinajstić information content (AvgIpc) is 3.10. The van der Waals surface area contributed by atoms with Crippen LogP contribution in [0.4, 0.5) is 0 Å². The smallest absolute Gasteiger partial charge is 0.346 e. The van der Waals surface area contributed by atoms with Crippen molar-refractivity contribution in [1.29, 1.82) is 0 Å². The van der Waals surface area contributed by atoms with Crippen LogP contribution in [0.25, 0.3) is 31.8 Å². The number of fused-ring (bicyclic) bond motifs is 2. The molecule has 136 valence electrons. The lowest BCUT2D eigenvalue weighted by molar-refractivity contribution is -0.147. The highest BCUT2D eigenvalue weighted by molar-refractivity contribution is 7.21. The van der Waals surface area contributed by atoms with Crippen LogP contribution in [0.15, 0.2) is 57.7 Å². The zero-order chi connectivity index (χ0) is 19.0. The van der Waals surface area contributed by atoms with Crippen molar-refractivity contribution in [2.24, 2.45) is 0 Å². The zero-order valence-corrected chi connectivity index (χ0v) is 15.4. The molecule has 0 saturated heterocycles. The Hall–Kier alpha value is -3.19. The van der Waals surface area contributed by atoms with E-state index in [1.807, 2.05) is 24.3 Å². The van der Waals surface area contributed by atoms with Gasteiger partial charge in [0.1, 0.15) is 16.3 Å². The lowest BCUT2D eigenvalue weighted by Crippen LogP contribution is -2.24. The zero-order valence-electron chi connectivity index (χ0n) is 14.6. The Kier molecular flexibility index (Phi) is 4.37. The lowest BCUT2D eigenvalue weighted by atomic mass is 10.2. The van der Waals surface area contributed by atoms with Crippen molar-refractivity contribution >= 4 is 38.5 Å². The van der Waals surface area contributed by atoms with Gasteiger partial charge >= 0.3 is 11.6 Å². The van der Waals surface area contributed by atoms with Crippen molar-refractivity contribution in [1.82, 2.24) is 4.98 Å². The standard InChI is InChI=1S/C20H15NO5S/c1-11(19(22)24-2)25-13-8-7-12-9-14(20(23)26-16(12)10-13)18-21-15-5-3-4-6-17(15)27-18/h3-11H,1-2H3/t11-/m1/s1. The summed E-state index contributed by atoms with van der Waals surface area (Å²) in [6, 6.07) is 14.5. The Balaban J connectivity index is 1.73. The van der Waals surface area contributed by atoms with Crippen LogP contribution in [0, 0.1) is 0 Å². The third-order valence-corrected chi connectivity index (χ3v) is 5.15. The summed E-state index contributed by atoms with van der Waals surface area (Å²) in [6.45, 7) is 1.59. The summed E-state index contributed by atoms with van der Waals surface area (Å²) in [5.74, 6) is -0.0704. The van der Waals surface area contributed by atoms with Crippen LogP contribution in [0.1, 0.15) is 6.92 Å². The molecule has 6 nitrogen and oxygen atoms in total. The van der Waals surface area contributed by atoms with Gasteiger partial charge in [-0.1, -0.05) is 12.1 Å². The molecule has 0 aliphatic carbocycles. The SMILES string of the molecule is COC(=O)[C@@H](C)Oc1ccc2cc(-c3nc4ccccc4s3)c(=O)oc2c1. The van der Waals surface area contributed by atoms with Gasteiger partial charge in [0, 0.05) is 11.5 Å². The number of nitrogens with zero attached hydrogens (tertiary/aromatic N) is 1. The minimum absolute atomic E-state index is 0.374. The van der Waals surface area contributed by atoms with E-state index < -0.39 is 17.7 Å². The Morgan fingerprint density at radius 3 is 2.78 bits per heavy atom. The van der Waals surface area contributed by atoms with Crippen molar-refractivity contribution in [3.8, 4) is 16.3 Å². The number of thiazole rings is 1. The Bertz CT molecular complexity index is 1180. The molecule has 0 aliphatic heterocycles. The highest BCUT2D eigenvalue weighted by atomic mass is 32.1. The number of rotatable bonds is 4. The van der Waals surface area contributed by atoms with E-state index >= 15 is 0 Å². The number of hydrogen-bond acceptors (Lipinski definition) is 7.